The summed E-state index contributed by atoms with van der Waals surface area (Å²) in [5, 5.41) is 2.99. The molecule has 2 aliphatic rings. The first-order valence-corrected chi connectivity index (χ1v) is 9.06. The van der Waals surface area contributed by atoms with Crippen LogP contribution in [0.4, 0.5) is 0 Å². The number of rotatable bonds is 4. The van der Waals surface area contributed by atoms with Crippen LogP contribution in [0.2, 0.25) is 0 Å². The van der Waals surface area contributed by atoms with Gasteiger partial charge in [0.15, 0.2) is 0 Å². The summed E-state index contributed by atoms with van der Waals surface area (Å²) in [7, 11) is 0. The highest BCUT2D eigenvalue weighted by Crippen LogP contribution is 2.28. The number of amides is 2. The number of aromatic nitrogens is 2. The Bertz CT molecular complexity index is 608. The molecule has 1 aromatic rings. The summed E-state index contributed by atoms with van der Waals surface area (Å²) in [6.07, 6.45) is 6.95. The van der Waals surface area contributed by atoms with Gasteiger partial charge >= 0.3 is 0 Å². The van der Waals surface area contributed by atoms with E-state index in [2.05, 4.69) is 15.3 Å². The minimum atomic E-state index is -0.0623. The maximum atomic E-state index is 12.3. The molecule has 2 saturated heterocycles. The van der Waals surface area contributed by atoms with E-state index in [0.29, 0.717) is 13.2 Å². The summed E-state index contributed by atoms with van der Waals surface area (Å²) in [6, 6.07) is 0. The maximum Gasteiger partial charge on any atom is 0.225 e. The molecule has 7 nitrogen and oxygen atoms in total. The molecule has 0 spiro atoms. The maximum absolute atomic E-state index is 12.3. The third-order valence-electron chi connectivity index (χ3n) is 5.09. The Labute approximate surface area is 148 Å². The quantitative estimate of drug-likeness (QED) is 0.887. The predicted octanol–water partition coefficient (Wildman–Crippen LogP) is 1.25. The van der Waals surface area contributed by atoms with Gasteiger partial charge in [0.2, 0.25) is 11.8 Å². The number of ether oxygens (including phenoxy) is 1. The molecule has 1 atom stereocenters. The van der Waals surface area contributed by atoms with E-state index in [9.17, 15) is 9.59 Å². The second kappa shape index (κ2) is 8.38. The number of hydrogen-bond acceptors (Lipinski definition) is 5. The minimum Gasteiger partial charge on any atom is -0.381 e. The Morgan fingerprint density at radius 2 is 2.00 bits per heavy atom. The number of carbonyl (C=O) groups excluding carboxylic acids is 2. The molecule has 2 aliphatic heterocycles. The van der Waals surface area contributed by atoms with Crippen LogP contribution < -0.4 is 5.32 Å². The van der Waals surface area contributed by atoms with E-state index < -0.39 is 0 Å². The van der Waals surface area contributed by atoms with Crippen molar-refractivity contribution >= 4 is 11.8 Å². The number of nitrogens with one attached hydrogen (secondary N) is 1. The topological polar surface area (TPSA) is 84.4 Å². The number of carbonyl (C=O) groups is 2. The average Bonchev–Trinajstić information content (AvgIpc) is 2.67. The monoisotopic (exact) mass is 346 g/mol. The predicted molar refractivity (Wildman–Crippen MR) is 91.7 cm³/mol. The van der Waals surface area contributed by atoms with Gasteiger partial charge in [-0.25, -0.2) is 0 Å². The van der Waals surface area contributed by atoms with Crippen LogP contribution in [-0.4, -0.2) is 53.0 Å². The Kier molecular flexibility index (Phi) is 5.96. The lowest BCUT2D eigenvalue weighted by molar-refractivity contribution is -0.130. The van der Waals surface area contributed by atoms with Gasteiger partial charge in [0.05, 0.1) is 30.5 Å². The molecule has 0 aromatic carbocycles. The number of hydrogen-bond donors (Lipinski definition) is 1. The Morgan fingerprint density at radius 1 is 1.24 bits per heavy atom. The molecule has 136 valence electrons. The molecule has 0 bridgehead atoms. The number of piperidine rings is 1. The van der Waals surface area contributed by atoms with E-state index in [1.165, 1.54) is 0 Å². The third-order valence-corrected chi connectivity index (χ3v) is 5.09. The first kappa shape index (κ1) is 17.8. The molecular weight excluding hydrogens is 320 g/mol. The van der Waals surface area contributed by atoms with Gasteiger partial charge in [0, 0.05) is 44.9 Å². The van der Waals surface area contributed by atoms with Crippen molar-refractivity contribution in [1.29, 1.82) is 0 Å². The van der Waals surface area contributed by atoms with Gasteiger partial charge in [0.25, 0.3) is 0 Å². The highest BCUT2D eigenvalue weighted by Gasteiger charge is 2.26. The van der Waals surface area contributed by atoms with E-state index in [-0.39, 0.29) is 23.7 Å². The van der Waals surface area contributed by atoms with Gasteiger partial charge in [-0.3, -0.25) is 19.6 Å². The molecule has 2 fully saturated rings. The molecule has 25 heavy (non-hydrogen) atoms. The Balaban J connectivity index is 1.59. The van der Waals surface area contributed by atoms with Gasteiger partial charge in [-0.15, -0.1) is 0 Å². The number of likely N-dealkylation sites (tertiary alicyclic amines) is 1. The highest BCUT2D eigenvalue weighted by atomic mass is 16.5. The van der Waals surface area contributed by atoms with Crippen molar-refractivity contribution in [2.75, 3.05) is 26.3 Å². The van der Waals surface area contributed by atoms with Crippen molar-refractivity contribution in [3.05, 3.63) is 23.8 Å². The van der Waals surface area contributed by atoms with E-state index in [0.717, 1.165) is 56.8 Å². The number of nitrogens with zero attached hydrogens (tertiary/aromatic N) is 3. The molecule has 2 amide bonds. The van der Waals surface area contributed by atoms with Crippen molar-refractivity contribution in [2.24, 2.45) is 5.92 Å². The zero-order valence-electron chi connectivity index (χ0n) is 14.7. The summed E-state index contributed by atoms with van der Waals surface area (Å²) in [4.78, 5) is 34.6. The largest absolute Gasteiger partial charge is 0.381 e. The minimum absolute atomic E-state index is 0.0303. The lowest BCUT2D eigenvalue weighted by Crippen LogP contribution is -2.37. The second-order valence-electron chi connectivity index (χ2n) is 6.80. The second-order valence-corrected chi connectivity index (χ2v) is 6.80. The molecule has 3 heterocycles. The zero-order valence-corrected chi connectivity index (χ0v) is 14.7. The SMILES string of the molecule is CC(=O)N1CCC(c2nccnc2CNC(=O)C2CCCOC2)CC1. The van der Waals surface area contributed by atoms with Crippen LogP contribution in [0.3, 0.4) is 0 Å². The van der Waals surface area contributed by atoms with Gasteiger partial charge in [-0.2, -0.15) is 0 Å². The Morgan fingerprint density at radius 3 is 2.68 bits per heavy atom. The Hall–Kier alpha value is -2.02. The lowest BCUT2D eigenvalue weighted by atomic mass is 9.91. The molecule has 0 radical (unpaired) electrons. The summed E-state index contributed by atoms with van der Waals surface area (Å²) in [5.41, 5.74) is 1.78. The molecule has 1 unspecified atom stereocenters. The third kappa shape index (κ3) is 4.54. The first-order chi connectivity index (χ1) is 12.1. The highest BCUT2D eigenvalue weighted by molar-refractivity contribution is 5.78. The van der Waals surface area contributed by atoms with Crippen molar-refractivity contribution < 1.29 is 14.3 Å². The summed E-state index contributed by atoms with van der Waals surface area (Å²) in [6.45, 7) is 4.76. The fourth-order valence-corrected chi connectivity index (χ4v) is 3.59. The van der Waals surface area contributed by atoms with Gasteiger partial charge in [-0.05, 0) is 25.7 Å². The van der Waals surface area contributed by atoms with Crippen LogP contribution in [-0.2, 0) is 20.9 Å². The molecule has 3 rings (SSSR count). The van der Waals surface area contributed by atoms with E-state index in [1.807, 2.05) is 4.90 Å². The van der Waals surface area contributed by atoms with Gasteiger partial charge in [-0.1, -0.05) is 0 Å². The normalized spacial score (nSPS) is 21.8. The van der Waals surface area contributed by atoms with Crippen LogP contribution in [0.5, 0.6) is 0 Å². The van der Waals surface area contributed by atoms with E-state index >= 15 is 0 Å². The molecule has 1 aromatic heterocycles. The summed E-state index contributed by atoms with van der Waals surface area (Å²) >= 11 is 0. The standard InChI is InChI=1S/C18H26N4O3/c1-13(23)22-8-4-14(5-9-22)17-16(19-6-7-20-17)11-21-18(24)15-3-2-10-25-12-15/h6-7,14-15H,2-5,8-12H2,1H3,(H,21,24). The van der Waals surface area contributed by atoms with Crippen molar-refractivity contribution in [2.45, 2.75) is 45.1 Å². The lowest BCUT2D eigenvalue weighted by Gasteiger charge is -2.31. The van der Waals surface area contributed by atoms with Crippen LogP contribution in [0.1, 0.15) is 49.9 Å². The summed E-state index contributed by atoms with van der Waals surface area (Å²) < 4.78 is 5.38. The van der Waals surface area contributed by atoms with E-state index in [1.54, 1.807) is 19.3 Å². The van der Waals surface area contributed by atoms with E-state index in [4.69, 9.17) is 4.74 Å². The van der Waals surface area contributed by atoms with Gasteiger partial charge in [0.1, 0.15) is 0 Å². The fraction of sp³-hybridized carbons (Fsp3) is 0.667. The summed E-state index contributed by atoms with van der Waals surface area (Å²) in [5.74, 6) is 0.379. The van der Waals surface area contributed by atoms with Gasteiger partial charge < -0.3 is 15.0 Å². The average molecular weight is 346 g/mol. The molecule has 7 heteroatoms. The fourth-order valence-electron chi connectivity index (χ4n) is 3.59. The van der Waals surface area contributed by atoms with Crippen LogP contribution in [0.15, 0.2) is 12.4 Å². The van der Waals surface area contributed by atoms with Crippen molar-refractivity contribution in [1.82, 2.24) is 20.2 Å². The smallest absolute Gasteiger partial charge is 0.225 e. The zero-order chi connectivity index (χ0) is 17.6. The molecule has 0 saturated carbocycles. The van der Waals surface area contributed by atoms with Crippen LogP contribution in [0.25, 0.3) is 0 Å². The molecular formula is C18H26N4O3. The van der Waals surface area contributed by atoms with Crippen LogP contribution >= 0.6 is 0 Å². The van der Waals surface area contributed by atoms with Crippen molar-refractivity contribution in [3.8, 4) is 0 Å². The van der Waals surface area contributed by atoms with Crippen LogP contribution in [0, 0.1) is 5.92 Å². The molecule has 0 aliphatic carbocycles. The van der Waals surface area contributed by atoms with Crippen molar-refractivity contribution in [3.63, 3.8) is 0 Å². The first-order valence-electron chi connectivity index (χ1n) is 9.06. The molecule has 1 N–H and O–H groups in total.